The molecule has 0 aliphatic heterocycles. The minimum atomic E-state index is 0.479. The van der Waals surface area contributed by atoms with Crippen LogP contribution in [0, 0.1) is 6.92 Å². The maximum Gasteiger partial charge on any atom is 0.166 e. The van der Waals surface area contributed by atoms with E-state index in [1.807, 2.05) is 31.2 Å². The number of nitrogens with zero attached hydrogens (tertiary/aromatic N) is 3. The molecule has 1 N–H and O–H groups in total. The lowest BCUT2D eigenvalue weighted by Gasteiger charge is -2.00. The molecule has 0 spiro atoms. The van der Waals surface area contributed by atoms with Gasteiger partial charge in [0.15, 0.2) is 5.16 Å². The summed E-state index contributed by atoms with van der Waals surface area (Å²) in [5.41, 5.74) is 2.88. The van der Waals surface area contributed by atoms with E-state index in [4.69, 9.17) is 11.6 Å². The molecule has 2 aromatic heterocycles. The molecule has 2 heterocycles. The van der Waals surface area contributed by atoms with Crippen molar-refractivity contribution in [3.8, 4) is 0 Å². The number of H-pyrrole nitrogens is 1. The highest BCUT2D eigenvalue weighted by atomic mass is 35.5. The molecule has 3 rings (SSSR count). The van der Waals surface area contributed by atoms with Crippen molar-refractivity contribution in [2.24, 2.45) is 0 Å². The number of aromatic amines is 1. The van der Waals surface area contributed by atoms with Crippen LogP contribution in [-0.2, 0) is 5.75 Å². The second-order valence-corrected chi connectivity index (χ2v) is 5.45. The molecule has 6 heteroatoms. The van der Waals surface area contributed by atoms with Crippen LogP contribution in [0.15, 0.2) is 35.5 Å². The fraction of sp³-hybridized carbons (Fsp3) is 0.154. The highest BCUT2D eigenvalue weighted by Gasteiger charge is 2.05. The first-order valence-electron chi connectivity index (χ1n) is 5.78. The summed E-state index contributed by atoms with van der Waals surface area (Å²) in [4.78, 5) is 16.3. The molecule has 0 saturated heterocycles. The normalized spacial score (nSPS) is 11.1. The summed E-state index contributed by atoms with van der Waals surface area (Å²) in [5, 5.41) is 1.34. The molecular weight excluding hydrogens is 280 g/mol. The van der Waals surface area contributed by atoms with Gasteiger partial charge in [0.05, 0.1) is 16.8 Å². The first-order chi connectivity index (χ1) is 9.20. The van der Waals surface area contributed by atoms with Crippen LogP contribution < -0.4 is 0 Å². The highest BCUT2D eigenvalue weighted by molar-refractivity contribution is 7.98. The molecule has 96 valence electrons. The van der Waals surface area contributed by atoms with Crippen molar-refractivity contribution >= 4 is 34.4 Å². The van der Waals surface area contributed by atoms with Crippen LogP contribution in [-0.4, -0.2) is 19.9 Å². The SMILES string of the molecule is Cc1cc(Cl)nc(CSc2nc3ccccc3[nH]2)n1. The van der Waals surface area contributed by atoms with Gasteiger partial charge in [0.25, 0.3) is 0 Å². The third kappa shape index (κ3) is 2.88. The average Bonchev–Trinajstić information content (AvgIpc) is 2.78. The Hall–Kier alpha value is -1.59. The number of nitrogens with one attached hydrogen (secondary N) is 1. The molecule has 0 unspecified atom stereocenters. The van der Waals surface area contributed by atoms with Gasteiger partial charge in [-0.05, 0) is 25.1 Å². The van der Waals surface area contributed by atoms with Gasteiger partial charge in [0.1, 0.15) is 11.0 Å². The molecule has 0 fully saturated rings. The largest absolute Gasteiger partial charge is 0.333 e. The summed E-state index contributed by atoms with van der Waals surface area (Å²) in [6.45, 7) is 1.91. The fourth-order valence-electron chi connectivity index (χ4n) is 1.78. The summed E-state index contributed by atoms with van der Waals surface area (Å²) in [6, 6.07) is 9.69. The minimum Gasteiger partial charge on any atom is -0.333 e. The molecule has 4 nitrogen and oxygen atoms in total. The number of aromatic nitrogens is 4. The van der Waals surface area contributed by atoms with Crippen molar-refractivity contribution in [1.82, 2.24) is 19.9 Å². The Labute approximate surface area is 119 Å². The van der Waals surface area contributed by atoms with Gasteiger partial charge in [0, 0.05) is 5.69 Å². The van der Waals surface area contributed by atoms with Crippen molar-refractivity contribution < 1.29 is 0 Å². The molecule has 0 aliphatic rings. The molecule has 0 atom stereocenters. The van der Waals surface area contributed by atoms with E-state index in [0.29, 0.717) is 10.9 Å². The monoisotopic (exact) mass is 290 g/mol. The number of aryl methyl sites for hydroxylation is 1. The quantitative estimate of drug-likeness (QED) is 0.591. The van der Waals surface area contributed by atoms with Crippen LogP contribution in [0.3, 0.4) is 0 Å². The van der Waals surface area contributed by atoms with E-state index in [0.717, 1.165) is 27.7 Å². The number of halogens is 1. The topological polar surface area (TPSA) is 54.5 Å². The Bertz CT molecular complexity index is 672. The second-order valence-electron chi connectivity index (χ2n) is 4.10. The van der Waals surface area contributed by atoms with Crippen LogP contribution in [0.25, 0.3) is 11.0 Å². The van der Waals surface area contributed by atoms with E-state index < -0.39 is 0 Å². The lowest BCUT2D eigenvalue weighted by Crippen LogP contribution is -1.95. The zero-order valence-corrected chi connectivity index (χ0v) is 11.8. The van der Waals surface area contributed by atoms with Gasteiger partial charge in [-0.1, -0.05) is 35.5 Å². The first-order valence-corrected chi connectivity index (χ1v) is 7.15. The van der Waals surface area contributed by atoms with Gasteiger partial charge < -0.3 is 4.98 Å². The molecule has 0 saturated carbocycles. The fourth-order valence-corrected chi connectivity index (χ4v) is 2.78. The number of hydrogen-bond donors (Lipinski definition) is 1. The summed E-state index contributed by atoms with van der Waals surface area (Å²) in [7, 11) is 0. The van der Waals surface area contributed by atoms with Crippen LogP contribution >= 0.6 is 23.4 Å². The van der Waals surface area contributed by atoms with Gasteiger partial charge in [-0.25, -0.2) is 15.0 Å². The molecule has 1 aromatic carbocycles. The average molecular weight is 291 g/mol. The zero-order valence-electron chi connectivity index (χ0n) is 10.2. The number of rotatable bonds is 3. The van der Waals surface area contributed by atoms with Crippen molar-refractivity contribution in [3.05, 3.63) is 47.0 Å². The summed E-state index contributed by atoms with van der Waals surface area (Å²) in [6.07, 6.45) is 0. The number of imidazole rings is 1. The van der Waals surface area contributed by atoms with Crippen LogP contribution in [0.1, 0.15) is 11.5 Å². The Balaban J connectivity index is 1.78. The van der Waals surface area contributed by atoms with E-state index in [1.54, 1.807) is 17.8 Å². The smallest absolute Gasteiger partial charge is 0.166 e. The standard InChI is InChI=1S/C13H11ClN4S/c1-8-6-11(14)18-12(15-8)7-19-13-16-9-4-2-3-5-10(9)17-13/h2-6H,7H2,1H3,(H,16,17). The molecule has 0 radical (unpaired) electrons. The molecule has 3 aromatic rings. The third-order valence-corrected chi connectivity index (χ3v) is 3.64. The van der Waals surface area contributed by atoms with Crippen molar-refractivity contribution in [2.75, 3.05) is 0 Å². The van der Waals surface area contributed by atoms with E-state index in [1.165, 1.54) is 0 Å². The minimum absolute atomic E-state index is 0.479. The van der Waals surface area contributed by atoms with Crippen LogP contribution in [0.2, 0.25) is 5.15 Å². The lowest BCUT2D eigenvalue weighted by molar-refractivity contribution is 0.988. The number of benzene rings is 1. The van der Waals surface area contributed by atoms with Gasteiger partial charge in [-0.3, -0.25) is 0 Å². The second kappa shape index (κ2) is 5.19. The predicted octanol–water partition coefficient (Wildman–Crippen LogP) is 3.61. The van der Waals surface area contributed by atoms with Gasteiger partial charge in [-0.15, -0.1) is 0 Å². The number of hydrogen-bond acceptors (Lipinski definition) is 4. The van der Waals surface area contributed by atoms with Gasteiger partial charge >= 0.3 is 0 Å². The number of fused-ring (bicyclic) bond motifs is 1. The third-order valence-electron chi connectivity index (χ3n) is 2.57. The van der Waals surface area contributed by atoms with Gasteiger partial charge in [-0.2, -0.15) is 0 Å². The molecular formula is C13H11ClN4S. The molecule has 19 heavy (non-hydrogen) atoms. The van der Waals surface area contributed by atoms with Crippen molar-refractivity contribution in [2.45, 2.75) is 17.8 Å². The van der Waals surface area contributed by atoms with Crippen molar-refractivity contribution in [1.29, 1.82) is 0 Å². The van der Waals surface area contributed by atoms with E-state index >= 15 is 0 Å². The Morgan fingerprint density at radius 1 is 1.21 bits per heavy atom. The number of para-hydroxylation sites is 2. The van der Waals surface area contributed by atoms with Crippen molar-refractivity contribution in [3.63, 3.8) is 0 Å². The predicted molar refractivity (Wildman–Crippen MR) is 77.4 cm³/mol. The summed E-state index contributed by atoms with van der Waals surface area (Å²) >= 11 is 7.48. The van der Waals surface area contributed by atoms with Crippen LogP contribution in [0.5, 0.6) is 0 Å². The molecule has 0 amide bonds. The summed E-state index contributed by atoms with van der Waals surface area (Å²) < 4.78 is 0. The van der Waals surface area contributed by atoms with Crippen LogP contribution in [0.4, 0.5) is 0 Å². The Kier molecular flexibility index (Phi) is 3.40. The number of thioether (sulfide) groups is 1. The molecule has 0 aliphatic carbocycles. The Morgan fingerprint density at radius 2 is 2.05 bits per heavy atom. The van der Waals surface area contributed by atoms with E-state index in [9.17, 15) is 0 Å². The Morgan fingerprint density at radius 3 is 2.84 bits per heavy atom. The van der Waals surface area contributed by atoms with Gasteiger partial charge in [0.2, 0.25) is 0 Å². The molecule has 0 bridgehead atoms. The maximum absolute atomic E-state index is 5.91. The maximum atomic E-state index is 5.91. The van der Waals surface area contributed by atoms with E-state index in [2.05, 4.69) is 19.9 Å². The van der Waals surface area contributed by atoms with E-state index in [-0.39, 0.29) is 0 Å². The highest BCUT2D eigenvalue weighted by Crippen LogP contribution is 2.22. The zero-order chi connectivity index (χ0) is 13.2. The first kappa shape index (κ1) is 12.4. The lowest BCUT2D eigenvalue weighted by atomic mass is 10.3. The summed E-state index contributed by atoms with van der Waals surface area (Å²) in [5.74, 6) is 1.36.